The van der Waals surface area contributed by atoms with Crippen molar-refractivity contribution >= 4 is 44.1 Å². The molecule has 3 rings (SSSR count). The molecule has 0 aliphatic carbocycles. The highest BCUT2D eigenvalue weighted by atomic mass is 32.1. The molecule has 1 unspecified atom stereocenters. The largest absolute Gasteiger partial charge is 0.493 e. The number of ketones is 1. The fourth-order valence-corrected chi connectivity index (χ4v) is 4.13. The van der Waals surface area contributed by atoms with Gasteiger partial charge in [0.1, 0.15) is 5.76 Å². The maximum atomic E-state index is 12.7. The lowest BCUT2D eigenvalue weighted by molar-refractivity contribution is -0.148. The minimum Gasteiger partial charge on any atom is -0.493 e. The molecule has 0 amide bonds. The Labute approximate surface area is 155 Å². The molecular formula is C20H22O5S. The number of ether oxygens (including phenoxy) is 2. The molecular weight excluding hydrogens is 352 g/mol. The number of fused-ring (bicyclic) bond motifs is 3. The Morgan fingerprint density at radius 2 is 1.96 bits per heavy atom. The van der Waals surface area contributed by atoms with Crippen LogP contribution in [0.5, 0.6) is 5.75 Å². The monoisotopic (exact) mass is 374 g/mol. The number of Topliss-reactive ketones (excluding diaryl/α,β-unsaturated/α-hetero) is 1. The number of carbonyl (C=O) groups excluding carboxylic acids is 2. The van der Waals surface area contributed by atoms with Gasteiger partial charge in [0, 0.05) is 28.0 Å². The second kappa shape index (κ2) is 7.50. The first-order valence-electron chi connectivity index (χ1n) is 8.68. The molecule has 0 aliphatic heterocycles. The van der Waals surface area contributed by atoms with E-state index in [0.29, 0.717) is 29.2 Å². The summed E-state index contributed by atoms with van der Waals surface area (Å²) in [4.78, 5) is 25.3. The van der Waals surface area contributed by atoms with Crippen molar-refractivity contribution in [3.63, 3.8) is 0 Å². The zero-order chi connectivity index (χ0) is 18.8. The van der Waals surface area contributed by atoms with Gasteiger partial charge in [-0.3, -0.25) is 9.59 Å². The molecule has 1 aromatic carbocycles. The molecule has 138 valence electrons. The predicted octanol–water partition coefficient (Wildman–Crippen LogP) is 5.13. The molecule has 0 N–H and O–H groups in total. The topological polar surface area (TPSA) is 65.7 Å². The number of hydrogen-bond acceptors (Lipinski definition) is 6. The van der Waals surface area contributed by atoms with E-state index < -0.39 is 5.92 Å². The third-order valence-corrected chi connectivity index (χ3v) is 5.55. The third-order valence-electron chi connectivity index (χ3n) is 4.43. The summed E-state index contributed by atoms with van der Waals surface area (Å²) in [6, 6.07) is 5.73. The summed E-state index contributed by atoms with van der Waals surface area (Å²) in [5.74, 6) is 0.688. The predicted molar refractivity (Wildman–Crippen MR) is 102 cm³/mol. The Morgan fingerprint density at radius 3 is 2.62 bits per heavy atom. The van der Waals surface area contributed by atoms with Crippen LogP contribution in [0.25, 0.3) is 21.1 Å². The lowest BCUT2D eigenvalue weighted by Gasteiger charge is -2.11. The Hall–Kier alpha value is -2.34. The van der Waals surface area contributed by atoms with E-state index in [1.807, 2.05) is 32.0 Å². The summed E-state index contributed by atoms with van der Waals surface area (Å²) in [5.41, 5.74) is 0.687. The number of rotatable bonds is 7. The number of methoxy groups -OCH3 is 1. The fourth-order valence-electron chi connectivity index (χ4n) is 3.07. The SMILES string of the molecule is CCOC(=O)C(CC)CC(=O)c1cc2c(cc(OC)c3oc(C)cc32)s1. The van der Waals surface area contributed by atoms with E-state index in [-0.39, 0.29) is 18.2 Å². The number of benzene rings is 1. The van der Waals surface area contributed by atoms with E-state index in [1.54, 1.807) is 14.0 Å². The van der Waals surface area contributed by atoms with Crippen LogP contribution in [-0.4, -0.2) is 25.5 Å². The Kier molecular flexibility index (Phi) is 5.32. The molecule has 2 aromatic heterocycles. The molecule has 3 aromatic rings. The number of esters is 1. The van der Waals surface area contributed by atoms with Crippen LogP contribution in [0.3, 0.4) is 0 Å². The number of hydrogen-bond donors (Lipinski definition) is 0. The summed E-state index contributed by atoms with van der Waals surface area (Å²) >= 11 is 1.41. The number of furan rings is 1. The van der Waals surface area contributed by atoms with Gasteiger partial charge < -0.3 is 13.9 Å². The van der Waals surface area contributed by atoms with Crippen LogP contribution in [0.4, 0.5) is 0 Å². The Morgan fingerprint density at radius 1 is 1.19 bits per heavy atom. The molecule has 0 radical (unpaired) electrons. The molecule has 2 heterocycles. The van der Waals surface area contributed by atoms with Crippen LogP contribution in [0.2, 0.25) is 0 Å². The highest BCUT2D eigenvalue weighted by Crippen LogP contribution is 2.39. The summed E-state index contributed by atoms with van der Waals surface area (Å²) < 4.78 is 17.2. The van der Waals surface area contributed by atoms with Crippen LogP contribution < -0.4 is 4.74 Å². The number of carbonyl (C=O) groups is 2. The van der Waals surface area contributed by atoms with Crippen molar-refractivity contribution in [2.24, 2.45) is 5.92 Å². The molecule has 0 saturated carbocycles. The Bertz CT molecular complexity index is 966. The van der Waals surface area contributed by atoms with Crippen molar-refractivity contribution in [3.05, 3.63) is 28.8 Å². The maximum Gasteiger partial charge on any atom is 0.309 e. The van der Waals surface area contributed by atoms with Crippen LogP contribution >= 0.6 is 11.3 Å². The van der Waals surface area contributed by atoms with Crippen molar-refractivity contribution in [1.82, 2.24) is 0 Å². The molecule has 6 heteroatoms. The average molecular weight is 374 g/mol. The zero-order valence-corrected chi connectivity index (χ0v) is 16.2. The van der Waals surface area contributed by atoms with Gasteiger partial charge in [-0.2, -0.15) is 0 Å². The third kappa shape index (κ3) is 3.33. The summed E-state index contributed by atoms with van der Waals surface area (Å²) in [6.07, 6.45) is 0.737. The van der Waals surface area contributed by atoms with Crippen LogP contribution in [-0.2, 0) is 9.53 Å². The van der Waals surface area contributed by atoms with Gasteiger partial charge in [0.15, 0.2) is 17.1 Å². The summed E-state index contributed by atoms with van der Waals surface area (Å²) in [5, 5.41) is 1.90. The van der Waals surface area contributed by atoms with E-state index in [4.69, 9.17) is 13.9 Å². The molecule has 0 fully saturated rings. The van der Waals surface area contributed by atoms with Gasteiger partial charge in [0.05, 0.1) is 24.5 Å². The van der Waals surface area contributed by atoms with Gasteiger partial charge in [-0.25, -0.2) is 0 Å². The van der Waals surface area contributed by atoms with Gasteiger partial charge in [-0.05, 0) is 32.4 Å². The molecule has 5 nitrogen and oxygen atoms in total. The summed E-state index contributed by atoms with van der Waals surface area (Å²) in [7, 11) is 1.60. The minimum absolute atomic E-state index is 0.0431. The molecule has 1 atom stereocenters. The van der Waals surface area contributed by atoms with Gasteiger partial charge in [0.2, 0.25) is 0 Å². The van der Waals surface area contributed by atoms with Crippen molar-refractivity contribution in [3.8, 4) is 5.75 Å². The van der Waals surface area contributed by atoms with Crippen molar-refractivity contribution < 1.29 is 23.5 Å². The van der Waals surface area contributed by atoms with Gasteiger partial charge in [0.25, 0.3) is 0 Å². The lowest BCUT2D eigenvalue weighted by Crippen LogP contribution is -2.20. The standard InChI is InChI=1S/C20H22O5S/c1-5-12(20(22)24-6-2)8-15(21)18-9-13-14-7-11(3)25-19(14)16(23-4)10-17(13)26-18/h7,9-10,12H,5-6,8H2,1-4H3. The van der Waals surface area contributed by atoms with E-state index in [0.717, 1.165) is 21.2 Å². The highest BCUT2D eigenvalue weighted by Gasteiger charge is 2.24. The quantitative estimate of drug-likeness (QED) is 0.424. The first-order valence-corrected chi connectivity index (χ1v) is 9.50. The van der Waals surface area contributed by atoms with Gasteiger partial charge in [-0.15, -0.1) is 11.3 Å². The van der Waals surface area contributed by atoms with Crippen molar-refractivity contribution in [2.75, 3.05) is 13.7 Å². The van der Waals surface area contributed by atoms with Crippen LogP contribution in [0, 0.1) is 12.8 Å². The first kappa shape index (κ1) is 18.5. The van der Waals surface area contributed by atoms with Crippen molar-refractivity contribution in [1.29, 1.82) is 0 Å². The molecule has 0 spiro atoms. The highest BCUT2D eigenvalue weighted by molar-refractivity contribution is 7.21. The van der Waals surface area contributed by atoms with Crippen LogP contribution in [0.15, 0.2) is 22.6 Å². The second-order valence-corrected chi connectivity index (χ2v) is 7.27. The second-order valence-electron chi connectivity index (χ2n) is 6.19. The number of thiophene rings is 1. The van der Waals surface area contributed by atoms with Crippen LogP contribution in [0.1, 0.15) is 42.1 Å². The van der Waals surface area contributed by atoms with Gasteiger partial charge in [-0.1, -0.05) is 6.92 Å². The maximum absolute atomic E-state index is 12.7. The molecule has 0 aliphatic rings. The molecule has 0 saturated heterocycles. The molecule has 26 heavy (non-hydrogen) atoms. The Balaban J connectivity index is 1.97. The first-order chi connectivity index (χ1) is 12.5. The normalized spacial score (nSPS) is 12.5. The van der Waals surface area contributed by atoms with E-state index in [9.17, 15) is 9.59 Å². The molecule has 0 bridgehead atoms. The average Bonchev–Trinajstić information content (AvgIpc) is 3.21. The fraction of sp³-hybridized carbons (Fsp3) is 0.400. The van der Waals surface area contributed by atoms with Crippen molar-refractivity contribution in [2.45, 2.75) is 33.6 Å². The van der Waals surface area contributed by atoms with E-state index in [1.165, 1.54) is 11.3 Å². The number of aryl methyl sites for hydroxylation is 1. The summed E-state index contributed by atoms with van der Waals surface area (Å²) in [6.45, 7) is 5.87. The minimum atomic E-state index is -0.404. The smallest absolute Gasteiger partial charge is 0.309 e. The van der Waals surface area contributed by atoms with Gasteiger partial charge >= 0.3 is 5.97 Å². The van der Waals surface area contributed by atoms with E-state index in [2.05, 4.69) is 0 Å². The zero-order valence-electron chi connectivity index (χ0n) is 15.4. The van der Waals surface area contributed by atoms with E-state index >= 15 is 0 Å². The lowest BCUT2D eigenvalue weighted by atomic mass is 9.99.